The van der Waals surface area contributed by atoms with Crippen LogP contribution >= 0.6 is 0 Å². The first kappa shape index (κ1) is 19.0. The molecule has 0 bridgehead atoms. The largest absolute Gasteiger partial charge is 0.497 e. The molecule has 1 amide bonds. The van der Waals surface area contributed by atoms with Crippen LogP contribution < -0.4 is 4.74 Å². The van der Waals surface area contributed by atoms with Crippen molar-refractivity contribution < 1.29 is 14.3 Å². The maximum atomic E-state index is 12.8. The van der Waals surface area contributed by atoms with Crippen molar-refractivity contribution >= 4 is 5.91 Å². The van der Waals surface area contributed by atoms with Gasteiger partial charge in [-0.1, -0.05) is 23.8 Å². The minimum Gasteiger partial charge on any atom is -0.497 e. The van der Waals surface area contributed by atoms with E-state index in [1.165, 1.54) is 24.0 Å². The van der Waals surface area contributed by atoms with Gasteiger partial charge in [-0.2, -0.15) is 0 Å². The summed E-state index contributed by atoms with van der Waals surface area (Å²) >= 11 is 0. The first-order valence-corrected chi connectivity index (χ1v) is 9.81. The predicted molar refractivity (Wildman–Crippen MR) is 103 cm³/mol. The van der Waals surface area contributed by atoms with Crippen molar-refractivity contribution in [1.29, 1.82) is 0 Å². The molecular weight excluding hydrogens is 326 g/mol. The van der Waals surface area contributed by atoms with Crippen LogP contribution in [-0.4, -0.2) is 44.2 Å². The van der Waals surface area contributed by atoms with E-state index in [9.17, 15) is 4.79 Å². The Morgan fingerprint density at radius 2 is 2.00 bits per heavy atom. The lowest BCUT2D eigenvalue weighted by Gasteiger charge is -2.38. The fourth-order valence-electron chi connectivity index (χ4n) is 4.18. The number of carbonyl (C=O) groups is 1. The number of methoxy groups -OCH3 is 2. The first-order chi connectivity index (χ1) is 12.7. The van der Waals surface area contributed by atoms with Crippen LogP contribution in [0.1, 0.15) is 44.1 Å². The zero-order chi connectivity index (χ0) is 18.4. The molecule has 0 radical (unpaired) electrons. The van der Waals surface area contributed by atoms with Crippen molar-refractivity contribution in [3.8, 4) is 5.75 Å². The van der Waals surface area contributed by atoms with Gasteiger partial charge in [-0.05, 0) is 56.2 Å². The third-order valence-corrected chi connectivity index (χ3v) is 5.74. The van der Waals surface area contributed by atoms with Crippen molar-refractivity contribution in [3.63, 3.8) is 0 Å². The van der Waals surface area contributed by atoms with Gasteiger partial charge in [0.15, 0.2) is 0 Å². The molecule has 0 unspecified atom stereocenters. The maximum absolute atomic E-state index is 12.8. The van der Waals surface area contributed by atoms with Crippen LogP contribution in [0.4, 0.5) is 0 Å². The number of piperidine rings is 1. The normalized spacial score (nSPS) is 23.5. The zero-order valence-corrected chi connectivity index (χ0v) is 16.1. The molecular formula is C22H31NO3. The topological polar surface area (TPSA) is 38.8 Å². The minimum atomic E-state index is 0.218. The molecule has 26 heavy (non-hydrogen) atoms. The van der Waals surface area contributed by atoms with Gasteiger partial charge in [-0.3, -0.25) is 4.79 Å². The molecule has 1 fully saturated rings. The molecule has 1 aromatic rings. The average molecular weight is 357 g/mol. The zero-order valence-electron chi connectivity index (χ0n) is 16.1. The Kier molecular flexibility index (Phi) is 6.73. The van der Waals surface area contributed by atoms with E-state index in [4.69, 9.17) is 9.47 Å². The van der Waals surface area contributed by atoms with E-state index in [0.717, 1.165) is 44.5 Å². The summed E-state index contributed by atoms with van der Waals surface area (Å²) < 4.78 is 11.0. The van der Waals surface area contributed by atoms with Gasteiger partial charge in [0.2, 0.25) is 5.91 Å². The van der Waals surface area contributed by atoms with Crippen molar-refractivity contribution in [3.05, 3.63) is 41.5 Å². The molecule has 3 rings (SSSR count). The van der Waals surface area contributed by atoms with Gasteiger partial charge in [-0.25, -0.2) is 0 Å². The number of carbonyl (C=O) groups excluding carboxylic acids is 1. The molecule has 2 atom stereocenters. The number of allylic oxidation sites excluding steroid dienone is 1. The van der Waals surface area contributed by atoms with E-state index in [2.05, 4.69) is 23.1 Å². The lowest BCUT2D eigenvalue weighted by molar-refractivity contribution is -0.134. The van der Waals surface area contributed by atoms with Gasteiger partial charge in [0.05, 0.1) is 13.2 Å². The number of ether oxygens (including phenoxy) is 2. The van der Waals surface area contributed by atoms with Gasteiger partial charge >= 0.3 is 0 Å². The SMILES string of the molecule is COc1ccc(C[C@@H]2CN(C(=O)CC3=CCCCC3)CC[C@H]2OC)cc1. The van der Waals surface area contributed by atoms with E-state index >= 15 is 0 Å². The van der Waals surface area contributed by atoms with E-state index < -0.39 is 0 Å². The molecule has 4 heteroatoms. The van der Waals surface area contributed by atoms with Crippen LogP contribution in [-0.2, 0) is 16.0 Å². The number of benzene rings is 1. The smallest absolute Gasteiger partial charge is 0.226 e. The Hall–Kier alpha value is -1.81. The number of hydrogen-bond acceptors (Lipinski definition) is 3. The third kappa shape index (κ3) is 4.88. The Labute approximate surface area is 157 Å². The van der Waals surface area contributed by atoms with Crippen LogP contribution in [0.2, 0.25) is 0 Å². The average Bonchev–Trinajstić information content (AvgIpc) is 2.69. The van der Waals surface area contributed by atoms with E-state index in [1.807, 2.05) is 12.1 Å². The highest BCUT2D eigenvalue weighted by Crippen LogP contribution is 2.27. The van der Waals surface area contributed by atoms with Crippen LogP contribution in [0.5, 0.6) is 5.75 Å². The lowest BCUT2D eigenvalue weighted by atomic mass is 9.88. The fraction of sp³-hybridized carbons (Fsp3) is 0.591. The summed E-state index contributed by atoms with van der Waals surface area (Å²) in [5.41, 5.74) is 2.60. The summed E-state index contributed by atoms with van der Waals surface area (Å²) in [7, 11) is 3.47. The number of rotatable bonds is 6. The Morgan fingerprint density at radius 3 is 2.65 bits per heavy atom. The summed E-state index contributed by atoms with van der Waals surface area (Å²) in [4.78, 5) is 14.8. The molecule has 1 saturated heterocycles. The summed E-state index contributed by atoms with van der Waals surface area (Å²) in [5.74, 6) is 1.50. The van der Waals surface area contributed by atoms with Crippen molar-refractivity contribution in [2.24, 2.45) is 5.92 Å². The molecule has 0 saturated carbocycles. The molecule has 0 spiro atoms. The van der Waals surface area contributed by atoms with Gasteiger partial charge in [0.25, 0.3) is 0 Å². The summed E-state index contributed by atoms with van der Waals surface area (Å²) in [5, 5.41) is 0. The summed E-state index contributed by atoms with van der Waals surface area (Å²) in [6.07, 6.45) is 9.66. The highest BCUT2D eigenvalue weighted by molar-refractivity contribution is 5.78. The second-order valence-corrected chi connectivity index (χ2v) is 7.50. The molecule has 0 aromatic heterocycles. The second-order valence-electron chi connectivity index (χ2n) is 7.50. The second kappa shape index (κ2) is 9.22. The van der Waals surface area contributed by atoms with Crippen LogP contribution in [0.3, 0.4) is 0 Å². The molecule has 4 nitrogen and oxygen atoms in total. The highest BCUT2D eigenvalue weighted by atomic mass is 16.5. The Morgan fingerprint density at radius 1 is 1.19 bits per heavy atom. The van der Waals surface area contributed by atoms with E-state index in [0.29, 0.717) is 12.3 Å². The summed E-state index contributed by atoms with van der Waals surface area (Å²) in [6.45, 7) is 1.60. The van der Waals surface area contributed by atoms with E-state index in [-0.39, 0.29) is 12.0 Å². The third-order valence-electron chi connectivity index (χ3n) is 5.74. The monoisotopic (exact) mass is 357 g/mol. The quantitative estimate of drug-likeness (QED) is 0.723. The van der Waals surface area contributed by atoms with E-state index in [1.54, 1.807) is 14.2 Å². The standard InChI is InChI=1S/C22H31NO3/c1-25-20-10-8-18(9-11-20)14-19-16-23(13-12-21(19)26-2)22(24)15-17-6-4-3-5-7-17/h6,8-11,19,21H,3-5,7,12-16H2,1-2H3/t19-,21-/m1/s1. The fourth-order valence-corrected chi connectivity index (χ4v) is 4.18. The summed E-state index contributed by atoms with van der Waals surface area (Å²) in [6, 6.07) is 8.22. The number of amides is 1. The maximum Gasteiger partial charge on any atom is 0.226 e. The predicted octanol–water partition coefficient (Wildman–Crippen LogP) is 3.99. The number of hydrogen-bond donors (Lipinski definition) is 0. The number of nitrogens with zero attached hydrogens (tertiary/aromatic N) is 1. The molecule has 1 aliphatic carbocycles. The Bertz CT molecular complexity index is 623. The molecule has 1 heterocycles. The Balaban J connectivity index is 1.61. The molecule has 2 aliphatic rings. The molecule has 142 valence electrons. The number of likely N-dealkylation sites (tertiary alicyclic amines) is 1. The van der Waals surface area contributed by atoms with Gasteiger partial charge in [0.1, 0.15) is 5.75 Å². The molecule has 0 N–H and O–H groups in total. The van der Waals surface area contributed by atoms with Crippen LogP contribution in [0, 0.1) is 5.92 Å². The lowest BCUT2D eigenvalue weighted by Crippen LogP contribution is -2.47. The van der Waals surface area contributed by atoms with Crippen molar-refractivity contribution in [2.45, 2.75) is 51.0 Å². The minimum absolute atomic E-state index is 0.218. The van der Waals surface area contributed by atoms with Crippen molar-refractivity contribution in [1.82, 2.24) is 4.90 Å². The van der Waals surface area contributed by atoms with Crippen molar-refractivity contribution in [2.75, 3.05) is 27.3 Å². The van der Waals surface area contributed by atoms with Gasteiger partial charge in [0, 0.05) is 32.5 Å². The highest BCUT2D eigenvalue weighted by Gasteiger charge is 2.31. The molecule has 1 aromatic carbocycles. The van der Waals surface area contributed by atoms with Gasteiger partial charge in [-0.15, -0.1) is 0 Å². The van der Waals surface area contributed by atoms with Crippen LogP contribution in [0.15, 0.2) is 35.9 Å². The first-order valence-electron chi connectivity index (χ1n) is 9.81. The van der Waals surface area contributed by atoms with Crippen LogP contribution in [0.25, 0.3) is 0 Å². The van der Waals surface area contributed by atoms with Gasteiger partial charge < -0.3 is 14.4 Å². The molecule has 1 aliphatic heterocycles.